The van der Waals surface area contributed by atoms with Gasteiger partial charge in [0.15, 0.2) is 0 Å². The number of fused-ring (bicyclic) bond motifs is 2. The van der Waals surface area contributed by atoms with E-state index >= 15 is 0 Å². The third kappa shape index (κ3) is 0.729. The van der Waals surface area contributed by atoms with Crippen LogP contribution in [0.2, 0.25) is 4.01 Å². The summed E-state index contributed by atoms with van der Waals surface area (Å²) in [4.78, 5) is 0. The van der Waals surface area contributed by atoms with Crippen molar-refractivity contribution in [2.75, 3.05) is 0 Å². The summed E-state index contributed by atoms with van der Waals surface area (Å²) in [6, 6.07) is 0. The standard InChI is InChI=1S/C7H7.FH.Rh/c1-2-7-4-3-6(1)5-7;;/h1-4,6H,5H2;1H;/q;;+1/p-1. The Morgan fingerprint density at radius 1 is 1.44 bits per heavy atom. The molecule has 2 aliphatic carbocycles. The van der Waals surface area contributed by atoms with Crippen molar-refractivity contribution >= 4 is 0 Å². The fourth-order valence-electron chi connectivity index (χ4n) is 1.37. The molecule has 0 unspecified atom stereocenters. The first kappa shape index (κ1) is 5.79. The number of rotatable bonds is 1. The van der Waals surface area contributed by atoms with Crippen molar-refractivity contribution in [3.05, 3.63) is 24.3 Å². The Hall–Kier alpha value is 0.0334. The van der Waals surface area contributed by atoms with Gasteiger partial charge in [-0.05, 0) is 0 Å². The van der Waals surface area contributed by atoms with Crippen molar-refractivity contribution in [3.8, 4) is 0 Å². The molecule has 0 N–H and O–H groups in total. The molecule has 0 spiro atoms. The van der Waals surface area contributed by atoms with Crippen LogP contribution in [0, 0.1) is 5.92 Å². The monoisotopic (exact) mass is 213 g/mol. The van der Waals surface area contributed by atoms with Gasteiger partial charge in [0.1, 0.15) is 0 Å². The van der Waals surface area contributed by atoms with E-state index < -0.39 is 17.6 Å². The fourth-order valence-corrected chi connectivity index (χ4v) is 2.40. The molecule has 2 bridgehead atoms. The van der Waals surface area contributed by atoms with Crippen LogP contribution in [-0.4, -0.2) is 0 Å². The molecule has 0 aromatic heterocycles. The summed E-state index contributed by atoms with van der Waals surface area (Å²) in [6.07, 6.45) is 9.29. The average Bonchev–Trinajstić information content (AvgIpc) is 2.46. The van der Waals surface area contributed by atoms with Crippen LogP contribution in [0.1, 0.15) is 6.42 Å². The quantitative estimate of drug-likeness (QED) is 0.463. The number of halogens is 1. The minimum atomic E-state index is -0.792. The molecule has 0 aliphatic heterocycles. The maximum absolute atomic E-state index is 12.3. The van der Waals surface area contributed by atoms with E-state index in [2.05, 4.69) is 12.2 Å². The van der Waals surface area contributed by atoms with Crippen molar-refractivity contribution in [2.24, 2.45) is 5.92 Å². The third-order valence-corrected chi connectivity index (χ3v) is 3.34. The molecular formula is C7H7FRh. The Balaban J connectivity index is 2.32. The molecule has 2 rings (SSSR count). The summed E-state index contributed by atoms with van der Waals surface area (Å²) in [5.41, 5.74) is 0. The second-order valence-electron chi connectivity index (χ2n) is 2.53. The molecule has 0 amide bonds. The molecule has 0 fully saturated rings. The Labute approximate surface area is 62.0 Å². The molecule has 0 heterocycles. The van der Waals surface area contributed by atoms with Crippen molar-refractivity contribution in [1.82, 2.24) is 0 Å². The zero-order valence-electron chi connectivity index (χ0n) is 4.81. The van der Waals surface area contributed by atoms with Crippen LogP contribution in [0.15, 0.2) is 24.3 Å². The van der Waals surface area contributed by atoms with E-state index in [1.165, 1.54) is 0 Å². The maximum atomic E-state index is 12.3. The van der Waals surface area contributed by atoms with E-state index in [0.29, 0.717) is 5.92 Å². The Morgan fingerprint density at radius 3 is 2.33 bits per heavy atom. The van der Waals surface area contributed by atoms with Crippen LogP contribution in [0.25, 0.3) is 0 Å². The van der Waals surface area contributed by atoms with E-state index in [0.717, 1.165) is 6.42 Å². The van der Waals surface area contributed by atoms with Crippen LogP contribution in [0.4, 0.5) is 3.32 Å². The van der Waals surface area contributed by atoms with Gasteiger partial charge in [-0.2, -0.15) is 0 Å². The van der Waals surface area contributed by atoms with Gasteiger partial charge in [0.05, 0.1) is 0 Å². The summed E-state index contributed by atoms with van der Waals surface area (Å²) in [5, 5.41) is 0. The molecule has 0 nitrogen and oxygen atoms in total. The third-order valence-electron chi connectivity index (χ3n) is 1.88. The topological polar surface area (TPSA) is 0 Å². The van der Waals surface area contributed by atoms with Crippen LogP contribution in [-0.2, 0) is 17.6 Å². The van der Waals surface area contributed by atoms with Crippen LogP contribution < -0.4 is 0 Å². The van der Waals surface area contributed by atoms with Gasteiger partial charge in [-0.15, -0.1) is 0 Å². The van der Waals surface area contributed by atoms with Gasteiger partial charge in [-0.3, -0.25) is 0 Å². The van der Waals surface area contributed by atoms with Crippen molar-refractivity contribution in [2.45, 2.75) is 10.4 Å². The predicted molar refractivity (Wildman–Crippen MR) is 30.2 cm³/mol. The number of allylic oxidation sites excluding steroid dienone is 4. The fraction of sp³-hybridized carbons (Fsp3) is 0.429. The number of hydrogen-bond donors (Lipinski definition) is 0. The van der Waals surface area contributed by atoms with Crippen LogP contribution in [0.5, 0.6) is 0 Å². The SMILES string of the molecule is [F][Rh][C]12C=CC(C=C1)C2. The van der Waals surface area contributed by atoms with Gasteiger partial charge in [0.25, 0.3) is 0 Å². The zero-order valence-corrected chi connectivity index (χ0v) is 6.44. The van der Waals surface area contributed by atoms with Gasteiger partial charge in [0.2, 0.25) is 0 Å². The van der Waals surface area contributed by atoms with E-state index in [-0.39, 0.29) is 4.01 Å². The molecule has 0 saturated heterocycles. The zero-order chi connectivity index (χ0) is 6.32. The molecule has 2 aliphatic rings. The van der Waals surface area contributed by atoms with Gasteiger partial charge in [0, 0.05) is 0 Å². The summed E-state index contributed by atoms with van der Waals surface area (Å²) >= 11 is -0.792. The molecule has 0 radical (unpaired) electrons. The van der Waals surface area contributed by atoms with Crippen molar-refractivity contribution in [1.29, 1.82) is 0 Å². The summed E-state index contributed by atoms with van der Waals surface area (Å²) in [7, 11) is 0. The Morgan fingerprint density at radius 2 is 2.11 bits per heavy atom. The molecule has 9 heavy (non-hydrogen) atoms. The predicted octanol–water partition coefficient (Wildman–Crippen LogP) is 2.26. The number of hydrogen-bond acceptors (Lipinski definition) is 0. The second-order valence-corrected chi connectivity index (χ2v) is 4.37. The Kier molecular flexibility index (Phi) is 1.13. The summed E-state index contributed by atoms with van der Waals surface area (Å²) in [5.74, 6) is 0.560. The first-order valence-electron chi connectivity index (χ1n) is 2.97. The molecular weight excluding hydrogens is 206 g/mol. The summed E-state index contributed by atoms with van der Waals surface area (Å²) < 4.78 is 12.2. The van der Waals surface area contributed by atoms with E-state index in [1.54, 1.807) is 0 Å². The van der Waals surface area contributed by atoms with E-state index in [1.807, 2.05) is 12.2 Å². The van der Waals surface area contributed by atoms with Gasteiger partial charge in [-0.25, -0.2) is 0 Å². The van der Waals surface area contributed by atoms with Gasteiger partial charge < -0.3 is 0 Å². The van der Waals surface area contributed by atoms with Crippen LogP contribution >= 0.6 is 0 Å². The van der Waals surface area contributed by atoms with Crippen molar-refractivity contribution in [3.63, 3.8) is 0 Å². The molecule has 0 atom stereocenters. The normalized spacial score (nSPS) is 45.2. The van der Waals surface area contributed by atoms with Crippen molar-refractivity contribution < 1.29 is 20.9 Å². The Bertz CT molecular complexity index is 169. The first-order chi connectivity index (χ1) is 4.35. The van der Waals surface area contributed by atoms with E-state index in [4.69, 9.17) is 0 Å². The van der Waals surface area contributed by atoms with E-state index in [9.17, 15) is 3.32 Å². The van der Waals surface area contributed by atoms with Crippen LogP contribution in [0.3, 0.4) is 0 Å². The minimum absolute atomic E-state index is 0.106. The summed E-state index contributed by atoms with van der Waals surface area (Å²) in [6.45, 7) is 0. The molecule has 0 aromatic carbocycles. The van der Waals surface area contributed by atoms with Gasteiger partial charge >= 0.3 is 61.6 Å². The van der Waals surface area contributed by atoms with Gasteiger partial charge in [-0.1, -0.05) is 0 Å². The average molecular weight is 213 g/mol. The second kappa shape index (κ2) is 1.76. The molecule has 51 valence electrons. The molecule has 2 heteroatoms. The molecule has 0 saturated carbocycles. The molecule has 0 aromatic rings. The first-order valence-corrected chi connectivity index (χ1v) is 4.40.